The normalized spacial score (nSPS) is 10.4. The molecular formula is C7H16AcOSi. The van der Waals surface area contributed by atoms with Crippen molar-refractivity contribution in [3.8, 4) is 0 Å². The summed E-state index contributed by atoms with van der Waals surface area (Å²) in [6, 6.07) is 1.05. The molecule has 57 valence electrons. The molecule has 0 spiro atoms. The summed E-state index contributed by atoms with van der Waals surface area (Å²) in [5, 5.41) is 8.62. The van der Waals surface area contributed by atoms with Crippen molar-refractivity contribution in [1.29, 1.82) is 0 Å². The Morgan fingerprint density at radius 3 is 1.90 bits per heavy atom. The molecule has 0 saturated carbocycles. The van der Waals surface area contributed by atoms with Crippen molar-refractivity contribution < 1.29 is 49.2 Å². The molecule has 0 unspecified atom stereocenters. The fourth-order valence-corrected chi connectivity index (χ4v) is 2.42. The molecule has 1 radical (unpaired) electrons. The Morgan fingerprint density at radius 1 is 1.40 bits per heavy atom. The van der Waals surface area contributed by atoms with Gasteiger partial charge in [-0.15, -0.1) is 0 Å². The van der Waals surface area contributed by atoms with Gasteiger partial charge in [-0.25, -0.2) is 0 Å². The first-order valence-corrected chi connectivity index (χ1v) is 6.94. The first-order valence-electron chi connectivity index (χ1n) is 3.23. The third-order valence-corrected chi connectivity index (χ3v) is 2.56. The molecule has 0 aliphatic heterocycles. The van der Waals surface area contributed by atoms with Gasteiger partial charge in [0.15, 0.2) is 0 Å². The van der Waals surface area contributed by atoms with Gasteiger partial charge in [0, 0.05) is 52.1 Å². The van der Waals surface area contributed by atoms with Gasteiger partial charge in [0.25, 0.3) is 0 Å². The summed E-state index contributed by atoms with van der Waals surface area (Å²) in [6.45, 7) is 10.7. The molecule has 0 saturated heterocycles. The van der Waals surface area contributed by atoms with Crippen LogP contribution in [0, 0.1) is 44.1 Å². The van der Waals surface area contributed by atoms with Gasteiger partial charge in [0.2, 0.25) is 0 Å². The Balaban J connectivity index is 0. The third kappa shape index (κ3) is 9.36. The molecule has 1 nitrogen and oxygen atoms in total. The van der Waals surface area contributed by atoms with E-state index < -0.39 is 8.07 Å². The largest absolute Gasteiger partial charge is 0.392 e. The molecule has 0 bridgehead atoms. The van der Waals surface area contributed by atoms with Crippen LogP contribution < -0.4 is 0 Å². The second-order valence-corrected chi connectivity index (χ2v) is 9.12. The first kappa shape index (κ1) is 13.9. The molecule has 1 N–H and O–H groups in total. The fourth-order valence-electron chi connectivity index (χ4n) is 0.806. The van der Waals surface area contributed by atoms with Gasteiger partial charge in [0.1, 0.15) is 0 Å². The number of hydrogen-bond donors (Lipinski definition) is 1. The van der Waals surface area contributed by atoms with Crippen LogP contribution in [0.4, 0.5) is 0 Å². The Morgan fingerprint density at radius 2 is 1.80 bits per heavy atom. The molecule has 10 heavy (non-hydrogen) atoms. The van der Waals surface area contributed by atoms with Gasteiger partial charge in [-0.3, -0.25) is 0 Å². The molecular weight excluding hydrogens is 355 g/mol. The fraction of sp³-hybridized carbons (Fsp3) is 0.714. The van der Waals surface area contributed by atoms with Crippen LogP contribution in [0.15, 0.2) is 12.2 Å². The van der Waals surface area contributed by atoms with Crippen LogP contribution >= 0.6 is 0 Å². The Kier molecular flexibility index (Phi) is 8.27. The molecule has 0 heterocycles. The van der Waals surface area contributed by atoms with Crippen molar-refractivity contribution in [2.75, 3.05) is 6.61 Å². The quantitative estimate of drug-likeness (QED) is 0.593. The summed E-state index contributed by atoms with van der Waals surface area (Å²) < 4.78 is 0. The van der Waals surface area contributed by atoms with Crippen LogP contribution in [0.3, 0.4) is 0 Å². The van der Waals surface area contributed by atoms with Crippen molar-refractivity contribution in [2.24, 2.45) is 0 Å². The van der Waals surface area contributed by atoms with Crippen molar-refractivity contribution in [1.82, 2.24) is 0 Å². The van der Waals surface area contributed by atoms with Crippen LogP contribution in [0.1, 0.15) is 0 Å². The van der Waals surface area contributed by atoms with Crippen molar-refractivity contribution in [3.63, 3.8) is 0 Å². The molecule has 0 aromatic heterocycles. The average Bonchev–Trinajstić information content (AvgIpc) is 1.62. The number of rotatable bonds is 3. The smallest absolute Gasteiger partial charge is 0.0636 e. The zero-order valence-electron chi connectivity index (χ0n) is 7.15. The predicted molar refractivity (Wildman–Crippen MR) is 44.4 cm³/mol. The van der Waals surface area contributed by atoms with E-state index in [1.165, 1.54) is 0 Å². The zero-order chi connectivity index (χ0) is 7.49. The van der Waals surface area contributed by atoms with E-state index in [-0.39, 0.29) is 50.7 Å². The average molecular weight is 371 g/mol. The third-order valence-electron chi connectivity index (χ3n) is 1.00. The van der Waals surface area contributed by atoms with Crippen molar-refractivity contribution >= 4 is 8.07 Å². The van der Waals surface area contributed by atoms with E-state index in [0.29, 0.717) is 0 Å². The molecule has 3 heteroatoms. The van der Waals surface area contributed by atoms with Gasteiger partial charge in [-0.1, -0.05) is 31.8 Å². The second kappa shape index (κ2) is 5.94. The molecule has 0 aliphatic rings. The van der Waals surface area contributed by atoms with Gasteiger partial charge < -0.3 is 5.11 Å². The Bertz CT molecular complexity index is 107. The van der Waals surface area contributed by atoms with Crippen LogP contribution in [0.5, 0.6) is 0 Å². The van der Waals surface area contributed by atoms with E-state index in [9.17, 15) is 0 Å². The topological polar surface area (TPSA) is 20.2 Å². The minimum atomic E-state index is -1.00. The monoisotopic (exact) mass is 371 g/mol. The maximum absolute atomic E-state index is 8.62. The summed E-state index contributed by atoms with van der Waals surface area (Å²) in [5.74, 6) is 0. The van der Waals surface area contributed by atoms with Gasteiger partial charge in [-0.2, -0.15) is 0 Å². The molecule has 0 aromatic rings. The Hall–Kier alpha value is 1.36. The van der Waals surface area contributed by atoms with E-state index in [4.69, 9.17) is 5.11 Å². The van der Waals surface area contributed by atoms with Crippen molar-refractivity contribution in [2.45, 2.75) is 25.7 Å². The first-order chi connectivity index (χ1) is 3.95. The number of hydrogen-bond acceptors (Lipinski definition) is 1. The Labute approximate surface area is 100 Å². The van der Waals surface area contributed by atoms with Crippen LogP contribution in [-0.4, -0.2) is 19.8 Å². The summed E-state index contributed by atoms with van der Waals surface area (Å²) >= 11 is 0. The van der Waals surface area contributed by atoms with E-state index in [2.05, 4.69) is 26.2 Å². The number of aliphatic hydroxyl groups excluding tert-OH is 1. The molecule has 0 aliphatic carbocycles. The number of aliphatic hydroxyl groups is 1. The SMILES string of the molecule is C=C(CO)C[Si](C)(C)C.[Ac]. The predicted octanol–water partition coefficient (Wildman–Crippen LogP) is 1.87. The molecule has 0 rings (SSSR count). The van der Waals surface area contributed by atoms with Gasteiger partial charge in [0.05, 0.1) is 6.61 Å². The maximum Gasteiger partial charge on any atom is 0.0636 e. The molecule has 0 atom stereocenters. The summed E-state index contributed by atoms with van der Waals surface area (Å²) in [5.41, 5.74) is 0.981. The van der Waals surface area contributed by atoms with E-state index in [1.54, 1.807) is 0 Å². The maximum atomic E-state index is 8.62. The summed E-state index contributed by atoms with van der Waals surface area (Å²) in [4.78, 5) is 0. The standard InChI is InChI=1S/C7H16OSi.Ac/c1-7(5-8)6-9(2,3)4;/h8H,1,5-6H2,2-4H3;. The van der Waals surface area contributed by atoms with Crippen molar-refractivity contribution in [3.05, 3.63) is 12.2 Å². The minimum Gasteiger partial charge on any atom is -0.392 e. The summed E-state index contributed by atoms with van der Waals surface area (Å²) in [6.07, 6.45) is 0. The molecule has 0 aromatic carbocycles. The minimum absolute atomic E-state index is 0. The summed E-state index contributed by atoms with van der Waals surface area (Å²) in [7, 11) is -1.00. The zero-order valence-corrected chi connectivity index (χ0v) is 12.9. The second-order valence-electron chi connectivity index (χ2n) is 3.65. The van der Waals surface area contributed by atoms with E-state index >= 15 is 0 Å². The molecule has 0 amide bonds. The van der Waals surface area contributed by atoms with E-state index in [0.717, 1.165) is 11.6 Å². The van der Waals surface area contributed by atoms with Crippen LogP contribution in [0.25, 0.3) is 0 Å². The van der Waals surface area contributed by atoms with E-state index in [1.807, 2.05) is 0 Å². The van der Waals surface area contributed by atoms with Crippen LogP contribution in [0.2, 0.25) is 25.7 Å². The molecule has 0 fully saturated rings. The van der Waals surface area contributed by atoms with Gasteiger partial charge >= 0.3 is 0 Å². The van der Waals surface area contributed by atoms with Crippen LogP contribution in [-0.2, 0) is 0 Å². The van der Waals surface area contributed by atoms with Gasteiger partial charge in [-0.05, 0) is 6.04 Å².